The molecular formula is C21H36N4O2S. The minimum atomic E-state index is 0.0182. The average Bonchev–Trinajstić information content (AvgIpc) is 3.04. The van der Waals surface area contributed by atoms with Gasteiger partial charge in [-0.3, -0.25) is 9.69 Å². The smallest absolute Gasteiger partial charge is 0.263 e. The van der Waals surface area contributed by atoms with Gasteiger partial charge in [-0.05, 0) is 66.5 Å². The van der Waals surface area contributed by atoms with Crippen molar-refractivity contribution >= 4 is 17.2 Å². The summed E-state index contributed by atoms with van der Waals surface area (Å²) in [6, 6.07) is 1.82. The van der Waals surface area contributed by atoms with Crippen molar-refractivity contribution in [2.75, 3.05) is 39.4 Å². The molecule has 28 heavy (non-hydrogen) atoms. The summed E-state index contributed by atoms with van der Waals surface area (Å²) in [5, 5.41) is 4.08. The van der Waals surface area contributed by atoms with E-state index < -0.39 is 0 Å². The lowest BCUT2D eigenvalue weighted by molar-refractivity contribution is 0.0000270. The third-order valence-corrected chi connectivity index (χ3v) is 7.20. The van der Waals surface area contributed by atoms with E-state index in [0.717, 1.165) is 48.2 Å². The average molecular weight is 409 g/mol. The van der Waals surface area contributed by atoms with Gasteiger partial charge in [0.05, 0.1) is 10.7 Å². The fourth-order valence-electron chi connectivity index (χ4n) is 4.53. The van der Waals surface area contributed by atoms with Crippen molar-refractivity contribution in [3.63, 3.8) is 0 Å². The second-order valence-corrected chi connectivity index (χ2v) is 9.55. The molecule has 0 atom stereocenters. The van der Waals surface area contributed by atoms with Gasteiger partial charge in [0.15, 0.2) is 0 Å². The number of nitrogens with zero attached hydrogens (tertiary/aromatic N) is 3. The Kier molecular flexibility index (Phi) is 7.85. The number of ether oxygens (including phenoxy) is 1. The lowest BCUT2D eigenvalue weighted by atomic mass is 9.97. The number of aromatic nitrogens is 1. The number of amides is 1. The van der Waals surface area contributed by atoms with E-state index in [2.05, 4.69) is 33.9 Å². The molecule has 0 radical (unpaired) electrons. The number of nitrogens with one attached hydrogen (secondary N) is 1. The monoisotopic (exact) mass is 408 g/mol. The van der Waals surface area contributed by atoms with Gasteiger partial charge in [0, 0.05) is 44.4 Å². The zero-order valence-corrected chi connectivity index (χ0v) is 18.7. The molecule has 3 rings (SSSR count). The molecule has 6 nitrogen and oxygen atoms in total. The molecule has 0 unspecified atom stereocenters. The van der Waals surface area contributed by atoms with Crippen LogP contribution in [-0.2, 0) is 4.74 Å². The van der Waals surface area contributed by atoms with E-state index in [0.29, 0.717) is 24.7 Å². The maximum Gasteiger partial charge on any atom is 0.263 e. The highest BCUT2D eigenvalue weighted by atomic mass is 32.1. The largest absolute Gasteiger partial charge is 0.381 e. The molecule has 2 aliphatic heterocycles. The fourth-order valence-corrected chi connectivity index (χ4v) is 5.37. The van der Waals surface area contributed by atoms with Crippen LogP contribution in [0, 0.1) is 13.8 Å². The Labute approximate surface area is 173 Å². The maximum atomic E-state index is 12.5. The summed E-state index contributed by atoms with van der Waals surface area (Å²) in [4.78, 5) is 22.9. The summed E-state index contributed by atoms with van der Waals surface area (Å²) in [6.45, 7) is 14.1. The van der Waals surface area contributed by atoms with Crippen LogP contribution in [0.15, 0.2) is 0 Å². The number of piperidine rings is 1. The van der Waals surface area contributed by atoms with E-state index >= 15 is 0 Å². The summed E-state index contributed by atoms with van der Waals surface area (Å²) >= 11 is 1.48. The summed E-state index contributed by atoms with van der Waals surface area (Å²) in [5.74, 6) is 0.0182. The van der Waals surface area contributed by atoms with Gasteiger partial charge in [0.25, 0.3) is 5.91 Å². The molecule has 158 valence electrons. The van der Waals surface area contributed by atoms with Gasteiger partial charge in [-0.15, -0.1) is 11.3 Å². The molecule has 0 aromatic carbocycles. The molecule has 0 aliphatic carbocycles. The molecule has 2 fully saturated rings. The van der Waals surface area contributed by atoms with Crippen molar-refractivity contribution in [3.05, 3.63) is 15.6 Å². The Hall–Kier alpha value is -1.02. The van der Waals surface area contributed by atoms with Gasteiger partial charge >= 0.3 is 0 Å². The Morgan fingerprint density at radius 2 is 1.86 bits per heavy atom. The van der Waals surface area contributed by atoms with E-state index in [4.69, 9.17) is 4.74 Å². The minimum absolute atomic E-state index is 0.0182. The lowest BCUT2D eigenvalue weighted by Gasteiger charge is -2.44. The normalized spacial score (nSPS) is 20.2. The van der Waals surface area contributed by atoms with Gasteiger partial charge in [0.2, 0.25) is 0 Å². The van der Waals surface area contributed by atoms with Crippen molar-refractivity contribution in [2.45, 2.75) is 71.5 Å². The van der Waals surface area contributed by atoms with Gasteiger partial charge in [-0.2, -0.15) is 0 Å². The Bertz CT molecular complexity index is 634. The molecule has 1 aromatic rings. The molecule has 0 bridgehead atoms. The third-order valence-electron chi connectivity index (χ3n) is 6.12. The first-order valence-corrected chi connectivity index (χ1v) is 11.6. The van der Waals surface area contributed by atoms with Gasteiger partial charge in [-0.25, -0.2) is 4.98 Å². The fraction of sp³-hybridized carbons (Fsp3) is 0.810. The van der Waals surface area contributed by atoms with E-state index in [1.807, 2.05) is 13.8 Å². The van der Waals surface area contributed by atoms with Crippen LogP contribution in [0.25, 0.3) is 0 Å². The molecule has 2 saturated heterocycles. The Morgan fingerprint density at radius 3 is 2.43 bits per heavy atom. The highest BCUT2D eigenvalue weighted by Gasteiger charge is 2.31. The highest BCUT2D eigenvalue weighted by Crippen LogP contribution is 2.24. The third kappa shape index (κ3) is 5.53. The van der Waals surface area contributed by atoms with Crippen LogP contribution in [0.2, 0.25) is 0 Å². The first kappa shape index (κ1) is 21.7. The standard InChI is InChI=1S/C21H36N4O2S/c1-15(2)24-10-5-18(6-11-24)25(19-7-13-27-14-8-19)12-9-22-21(26)20-16(3)23-17(4)28-20/h15,18-19H,5-14H2,1-4H3,(H,22,26). The van der Waals surface area contributed by atoms with Crippen molar-refractivity contribution < 1.29 is 9.53 Å². The van der Waals surface area contributed by atoms with Crippen LogP contribution in [0.1, 0.15) is 59.9 Å². The van der Waals surface area contributed by atoms with Crippen LogP contribution >= 0.6 is 11.3 Å². The number of hydrogen-bond donors (Lipinski definition) is 1. The van der Waals surface area contributed by atoms with Gasteiger partial charge in [-0.1, -0.05) is 0 Å². The highest BCUT2D eigenvalue weighted by molar-refractivity contribution is 7.13. The molecule has 7 heteroatoms. The number of rotatable bonds is 7. The number of hydrogen-bond acceptors (Lipinski definition) is 6. The van der Waals surface area contributed by atoms with Gasteiger partial charge in [0.1, 0.15) is 4.88 Å². The quantitative estimate of drug-likeness (QED) is 0.752. The molecule has 1 N–H and O–H groups in total. The minimum Gasteiger partial charge on any atom is -0.381 e. The number of likely N-dealkylation sites (tertiary alicyclic amines) is 1. The van der Waals surface area contributed by atoms with Crippen molar-refractivity contribution in [1.82, 2.24) is 20.1 Å². The number of aryl methyl sites for hydroxylation is 2. The SMILES string of the molecule is Cc1nc(C)c(C(=O)NCCN(C2CCOCC2)C2CCN(C(C)C)CC2)s1. The summed E-state index contributed by atoms with van der Waals surface area (Å²) in [7, 11) is 0. The number of thiazole rings is 1. The molecule has 0 saturated carbocycles. The predicted octanol–water partition coefficient (Wildman–Crippen LogP) is 2.84. The maximum absolute atomic E-state index is 12.5. The number of carbonyl (C=O) groups excluding carboxylic acids is 1. The first-order valence-electron chi connectivity index (χ1n) is 10.8. The molecule has 1 aromatic heterocycles. The van der Waals surface area contributed by atoms with Crippen LogP contribution in [0.4, 0.5) is 0 Å². The van der Waals surface area contributed by atoms with E-state index in [1.165, 1.54) is 37.3 Å². The summed E-state index contributed by atoms with van der Waals surface area (Å²) in [6.07, 6.45) is 4.64. The molecular weight excluding hydrogens is 372 g/mol. The molecule has 1 amide bonds. The van der Waals surface area contributed by atoms with Crippen LogP contribution < -0.4 is 5.32 Å². The van der Waals surface area contributed by atoms with Crippen molar-refractivity contribution in [1.29, 1.82) is 0 Å². The zero-order valence-electron chi connectivity index (χ0n) is 17.9. The summed E-state index contributed by atoms with van der Waals surface area (Å²) in [5.41, 5.74) is 0.836. The topological polar surface area (TPSA) is 57.7 Å². The predicted molar refractivity (Wildman–Crippen MR) is 114 cm³/mol. The lowest BCUT2D eigenvalue weighted by Crippen LogP contribution is -2.53. The number of carbonyl (C=O) groups is 1. The van der Waals surface area contributed by atoms with Crippen LogP contribution in [0.5, 0.6) is 0 Å². The second kappa shape index (κ2) is 10.1. The molecule has 3 heterocycles. The Balaban J connectivity index is 1.56. The second-order valence-electron chi connectivity index (χ2n) is 8.35. The van der Waals surface area contributed by atoms with E-state index in [9.17, 15) is 4.79 Å². The van der Waals surface area contributed by atoms with Crippen molar-refractivity contribution in [2.24, 2.45) is 0 Å². The van der Waals surface area contributed by atoms with Crippen LogP contribution in [0.3, 0.4) is 0 Å². The van der Waals surface area contributed by atoms with Crippen molar-refractivity contribution in [3.8, 4) is 0 Å². The van der Waals surface area contributed by atoms with E-state index in [-0.39, 0.29) is 5.91 Å². The zero-order chi connectivity index (χ0) is 20.1. The van der Waals surface area contributed by atoms with E-state index in [1.54, 1.807) is 0 Å². The molecule has 2 aliphatic rings. The summed E-state index contributed by atoms with van der Waals surface area (Å²) < 4.78 is 5.59. The molecule has 0 spiro atoms. The van der Waals surface area contributed by atoms with Crippen LogP contribution in [-0.4, -0.2) is 78.2 Å². The Morgan fingerprint density at radius 1 is 1.21 bits per heavy atom. The van der Waals surface area contributed by atoms with Gasteiger partial charge < -0.3 is 15.0 Å². The first-order chi connectivity index (χ1) is 13.5.